The number of anilines is 1. The van der Waals surface area contributed by atoms with E-state index in [1.807, 2.05) is 19.6 Å². The van der Waals surface area contributed by atoms with Crippen LogP contribution in [0, 0.1) is 0 Å². The smallest absolute Gasteiger partial charge is 0.253 e. The predicted octanol–water partition coefficient (Wildman–Crippen LogP) is 3.51. The zero-order valence-corrected chi connectivity index (χ0v) is 16.4. The van der Waals surface area contributed by atoms with Gasteiger partial charge in [-0.3, -0.25) is 9.59 Å². The van der Waals surface area contributed by atoms with E-state index in [9.17, 15) is 9.59 Å². The van der Waals surface area contributed by atoms with E-state index < -0.39 is 0 Å². The molecule has 2 aromatic heterocycles. The first kappa shape index (κ1) is 20.2. The van der Waals surface area contributed by atoms with Crippen LogP contribution in [0.1, 0.15) is 61.5 Å². The summed E-state index contributed by atoms with van der Waals surface area (Å²) >= 11 is 1.43. The summed E-state index contributed by atoms with van der Waals surface area (Å²) in [5.41, 5.74) is 1.57. The fourth-order valence-electron chi connectivity index (χ4n) is 2.68. The highest BCUT2D eigenvalue weighted by Crippen LogP contribution is 2.28. The van der Waals surface area contributed by atoms with E-state index in [0.29, 0.717) is 16.6 Å². The Bertz CT molecular complexity index is 728. The number of nitrogens with one attached hydrogen (secondary N) is 2. The van der Waals surface area contributed by atoms with Gasteiger partial charge in [-0.25, -0.2) is 4.98 Å². The molecule has 0 aliphatic rings. The Morgan fingerprint density at radius 3 is 2.85 bits per heavy atom. The largest absolute Gasteiger partial charge is 0.402 e. The molecule has 0 aliphatic heterocycles. The molecular formula is C18H26BN4O2S. The van der Waals surface area contributed by atoms with Gasteiger partial charge in [0.25, 0.3) is 5.91 Å². The first-order valence-electron chi connectivity index (χ1n) is 9.07. The summed E-state index contributed by atoms with van der Waals surface area (Å²) in [6, 6.07) is 1.71. The van der Waals surface area contributed by atoms with Gasteiger partial charge in [-0.2, -0.15) is 0 Å². The van der Waals surface area contributed by atoms with Gasteiger partial charge in [0.15, 0.2) is 5.13 Å². The Morgan fingerprint density at radius 1 is 1.38 bits per heavy atom. The molecule has 2 N–H and O–H groups in total. The zero-order valence-electron chi connectivity index (χ0n) is 15.6. The lowest BCUT2D eigenvalue weighted by Gasteiger charge is -2.11. The number of nitrogens with zero attached hydrogens (tertiary/aromatic N) is 2. The van der Waals surface area contributed by atoms with Crippen molar-refractivity contribution in [2.45, 2.75) is 52.3 Å². The summed E-state index contributed by atoms with van der Waals surface area (Å²) in [5, 5.41) is 7.99. The van der Waals surface area contributed by atoms with E-state index in [-0.39, 0.29) is 18.4 Å². The third-order valence-corrected chi connectivity index (χ3v) is 5.05. The molecular weight excluding hydrogens is 347 g/mol. The van der Waals surface area contributed by atoms with Crippen molar-refractivity contribution in [3.8, 4) is 0 Å². The van der Waals surface area contributed by atoms with E-state index in [0.717, 1.165) is 18.5 Å². The maximum absolute atomic E-state index is 12.1. The predicted molar refractivity (Wildman–Crippen MR) is 107 cm³/mol. The minimum absolute atomic E-state index is 0.0815. The molecule has 2 rings (SSSR count). The van der Waals surface area contributed by atoms with Gasteiger partial charge in [0, 0.05) is 17.5 Å². The first-order chi connectivity index (χ1) is 12.6. The molecule has 8 heteroatoms. The van der Waals surface area contributed by atoms with E-state index >= 15 is 0 Å². The van der Waals surface area contributed by atoms with Crippen molar-refractivity contribution in [3.63, 3.8) is 0 Å². The molecule has 0 saturated heterocycles. The van der Waals surface area contributed by atoms with Gasteiger partial charge < -0.3 is 15.1 Å². The Kier molecular flexibility index (Phi) is 7.90. The van der Waals surface area contributed by atoms with Crippen LogP contribution < -0.4 is 10.6 Å². The number of carbonyl (C=O) groups excluding carboxylic acids is 2. The Balaban J connectivity index is 1.83. The van der Waals surface area contributed by atoms with Gasteiger partial charge in [-0.15, -0.1) is 11.3 Å². The van der Waals surface area contributed by atoms with Crippen LogP contribution in [-0.2, 0) is 4.79 Å². The van der Waals surface area contributed by atoms with Crippen LogP contribution in [0.4, 0.5) is 5.13 Å². The normalized spacial score (nSPS) is 11.8. The van der Waals surface area contributed by atoms with Crippen molar-refractivity contribution in [1.29, 1.82) is 0 Å². The van der Waals surface area contributed by atoms with Gasteiger partial charge in [-0.05, 0) is 25.1 Å². The lowest BCUT2D eigenvalue weighted by Crippen LogP contribution is -2.32. The highest BCUT2D eigenvalue weighted by atomic mass is 32.1. The molecule has 0 aliphatic carbocycles. The fourth-order valence-corrected chi connectivity index (χ4v) is 3.49. The summed E-state index contributed by atoms with van der Waals surface area (Å²) < 4.78 is 1.79. The van der Waals surface area contributed by atoms with Crippen molar-refractivity contribution in [2.75, 3.05) is 11.9 Å². The van der Waals surface area contributed by atoms with Crippen LogP contribution in [0.2, 0.25) is 6.82 Å². The van der Waals surface area contributed by atoms with E-state index in [2.05, 4.69) is 29.5 Å². The number of unbranched alkanes of at least 4 members (excludes halogenated alkanes) is 1. The zero-order chi connectivity index (χ0) is 18.9. The van der Waals surface area contributed by atoms with Crippen LogP contribution in [-0.4, -0.2) is 35.2 Å². The highest BCUT2D eigenvalue weighted by Gasteiger charge is 2.15. The second-order valence-corrected chi connectivity index (χ2v) is 7.02. The van der Waals surface area contributed by atoms with Crippen LogP contribution >= 0.6 is 11.3 Å². The third kappa shape index (κ3) is 5.73. The van der Waals surface area contributed by atoms with Gasteiger partial charge in [0.2, 0.25) is 13.3 Å². The van der Waals surface area contributed by atoms with Gasteiger partial charge in [-0.1, -0.05) is 33.5 Å². The standard InChI is InChI=1S/C18H26BN4O2S/c1-4-6-7-13(5-2)15-12-26-18(21-15)22-16(24)10-20-17(25)14-8-9-23(11-14)19-3/h8-9,11-13H,4-7,10H2,1-3H3,(H,20,25)(H,21,22,24). The summed E-state index contributed by atoms with van der Waals surface area (Å²) in [5.74, 6) is -0.107. The molecule has 139 valence electrons. The van der Waals surface area contributed by atoms with Crippen LogP contribution in [0.5, 0.6) is 0 Å². The molecule has 1 radical (unpaired) electrons. The highest BCUT2D eigenvalue weighted by molar-refractivity contribution is 7.13. The molecule has 0 bridgehead atoms. The molecule has 1 unspecified atom stereocenters. The first-order valence-corrected chi connectivity index (χ1v) is 9.95. The lowest BCUT2D eigenvalue weighted by molar-refractivity contribution is -0.115. The molecule has 2 amide bonds. The Hall–Kier alpha value is -2.09. The molecule has 0 saturated carbocycles. The number of thiazole rings is 1. The molecule has 1 atom stereocenters. The maximum Gasteiger partial charge on any atom is 0.253 e. The van der Waals surface area contributed by atoms with Crippen molar-refractivity contribution in [1.82, 2.24) is 14.8 Å². The van der Waals surface area contributed by atoms with Crippen molar-refractivity contribution >= 4 is 35.7 Å². The quantitative estimate of drug-likeness (QED) is 0.626. The van der Waals surface area contributed by atoms with Crippen molar-refractivity contribution in [3.05, 3.63) is 35.1 Å². The summed E-state index contributed by atoms with van der Waals surface area (Å²) in [7, 11) is 1.84. The van der Waals surface area contributed by atoms with Gasteiger partial charge >= 0.3 is 0 Å². The SMILES string of the molecule is C[B]n1ccc(C(=O)NCC(=O)Nc2nc(C(CC)CCCC)cs2)c1. The molecule has 0 aromatic carbocycles. The minimum atomic E-state index is -0.276. The Morgan fingerprint density at radius 2 is 2.19 bits per heavy atom. The average molecular weight is 373 g/mol. The number of hydrogen-bond donors (Lipinski definition) is 2. The van der Waals surface area contributed by atoms with Crippen LogP contribution in [0.25, 0.3) is 0 Å². The summed E-state index contributed by atoms with van der Waals surface area (Å²) in [6.07, 6.45) is 8.01. The molecule has 26 heavy (non-hydrogen) atoms. The van der Waals surface area contributed by atoms with Crippen molar-refractivity contribution < 1.29 is 9.59 Å². The number of carbonyl (C=O) groups is 2. The van der Waals surface area contributed by atoms with Gasteiger partial charge in [0.1, 0.15) is 0 Å². The van der Waals surface area contributed by atoms with E-state index in [1.165, 1.54) is 24.2 Å². The number of hydrogen-bond acceptors (Lipinski definition) is 4. The molecule has 2 aromatic rings. The number of aromatic nitrogens is 2. The summed E-state index contributed by atoms with van der Waals surface area (Å²) in [6.45, 7) is 6.14. The average Bonchev–Trinajstić information content (AvgIpc) is 3.30. The van der Waals surface area contributed by atoms with E-state index in [1.54, 1.807) is 22.9 Å². The van der Waals surface area contributed by atoms with Crippen molar-refractivity contribution in [2.24, 2.45) is 0 Å². The topological polar surface area (TPSA) is 76.0 Å². The van der Waals surface area contributed by atoms with Gasteiger partial charge in [0.05, 0.1) is 17.8 Å². The number of amides is 2. The number of rotatable bonds is 10. The second kappa shape index (κ2) is 10.2. The fraction of sp³-hybridized carbons (Fsp3) is 0.500. The lowest BCUT2D eigenvalue weighted by atomic mass is 9.97. The molecule has 0 fully saturated rings. The Labute approximate surface area is 159 Å². The minimum Gasteiger partial charge on any atom is -0.402 e. The van der Waals surface area contributed by atoms with E-state index in [4.69, 9.17) is 0 Å². The second-order valence-electron chi connectivity index (χ2n) is 6.16. The third-order valence-electron chi connectivity index (χ3n) is 4.27. The maximum atomic E-state index is 12.1. The van der Waals surface area contributed by atoms with Crippen LogP contribution in [0.15, 0.2) is 23.8 Å². The van der Waals surface area contributed by atoms with Crippen LogP contribution in [0.3, 0.4) is 0 Å². The molecule has 0 spiro atoms. The monoisotopic (exact) mass is 373 g/mol. The summed E-state index contributed by atoms with van der Waals surface area (Å²) in [4.78, 5) is 28.6. The molecule has 6 nitrogen and oxygen atoms in total. The molecule has 2 heterocycles.